The van der Waals surface area contributed by atoms with Gasteiger partial charge in [-0.15, -0.1) is 0 Å². The molecule has 0 saturated heterocycles. The number of carbonyl (C=O) groups is 1. The number of aromatic nitrogens is 2. The summed E-state index contributed by atoms with van der Waals surface area (Å²) in [6.45, 7) is 6.15. The van der Waals surface area contributed by atoms with Gasteiger partial charge in [-0.25, -0.2) is 9.97 Å². The highest BCUT2D eigenvalue weighted by molar-refractivity contribution is 6.43. The minimum Gasteiger partial charge on any atom is -0.305 e. The molecule has 1 aromatic heterocycles. The van der Waals surface area contributed by atoms with Gasteiger partial charge in [0, 0.05) is 5.56 Å². The molecule has 0 radical (unpaired) electrons. The van der Waals surface area contributed by atoms with E-state index in [4.69, 9.17) is 23.2 Å². The van der Waals surface area contributed by atoms with Crippen molar-refractivity contribution in [3.05, 3.63) is 51.9 Å². The van der Waals surface area contributed by atoms with Gasteiger partial charge in [0.1, 0.15) is 11.3 Å². The predicted molar refractivity (Wildman–Crippen MR) is 85.1 cm³/mol. The molecule has 0 bridgehead atoms. The zero-order valence-corrected chi connectivity index (χ0v) is 13.5. The molecule has 1 amide bonds. The van der Waals surface area contributed by atoms with Crippen LogP contribution in [0.1, 0.15) is 36.7 Å². The summed E-state index contributed by atoms with van der Waals surface area (Å²) >= 11 is 11.8. The van der Waals surface area contributed by atoms with Crippen molar-refractivity contribution in [1.82, 2.24) is 9.97 Å². The Balaban J connectivity index is 2.36. The summed E-state index contributed by atoms with van der Waals surface area (Å²) in [6, 6.07) is 7.43. The Morgan fingerprint density at radius 3 is 2.48 bits per heavy atom. The number of halogens is 2. The monoisotopic (exact) mass is 323 g/mol. The number of amides is 1. The van der Waals surface area contributed by atoms with Crippen LogP contribution in [0.5, 0.6) is 0 Å². The number of hydrogen-bond acceptors (Lipinski definition) is 3. The quantitative estimate of drug-likeness (QED) is 0.836. The highest BCUT2D eigenvalue weighted by Gasteiger charge is 2.22. The largest absolute Gasteiger partial charge is 0.305 e. The Bertz CT molecular complexity index is 681. The lowest BCUT2D eigenvalue weighted by atomic mass is 9.83. The lowest BCUT2D eigenvalue weighted by Gasteiger charge is -2.22. The van der Waals surface area contributed by atoms with Crippen LogP contribution < -0.4 is 5.32 Å². The highest BCUT2D eigenvalue weighted by Crippen LogP contribution is 2.28. The van der Waals surface area contributed by atoms with Gasteiger partial charge in [-0.1, -0.05) is 62.2 Å². The number of carbonyl (C=O) groups excluding carboxylic acids is 1. The van der Waals surface area contributed by atoms with E-state index in [2.05, 4.69) is 15.3 Å². The van der Waals surface area contributed by atoms with Crippen LogP contribution in [0, 0.1) is 0 Å². The van der Waals surface area contributed by atoms with Crippen LogP contribution >= 0.6 is 23.2 Å². The van der Waals surface area contributed by atoms with Gasteiger partial charge in [-0.05, 0) is 17.0 Å². The Morgan fingerprint density at radius 2 is 1.81 bits per heavy atom. The maximum atomic E-state index is 12.5. The van der Waals surface area contributed by atoms with Crippen molar-refractivity contribution in [3.8, 4) is 0 Å². The molecule has 0 aliphatic carbocycles. The second-order valence-corrected chi connectivity index (χ2v) is 6.31. The topological polar surface area (TPSA) is 54.9 Å². The normalized spacial score (nSPS) is 11.3. The van der Waals surface area contributed by atoms with E-state index in [1.807, 2.05) is 39.0 Å². The summed E-state index contributed by atoms with van der Waals surface area (Å²) in [7, 11) is 0. The number of rotatable bonds is 2. The number of benzene rings is 1. The maximum absolute atomic E-state index is 12.5. The second-order valence-electron chi connectivity index (χ2n) is 5.58. The lowest BCUT2D eigenvalue weighted by Crippen LogP contribution is -2.21. The number of nitrogens with zero attached hydrogens (tertiary/aromatic N) is 2. The molecule has 0 saturated carbocycles. The van der Waals surface area contributed by atoms with Crippen LogP contribution in [0.2, 0.25) is 10.2 Å². The van der Waals surface area contributed by atoms with E-state index in [0.29, 0.717) is 5.56 Å². The molecule has 2 aromatic rings. The van der Waals surface area contributed by atoms with Crippen LogP contribution in [-0.4, -0.2) is 15.9 Å². The van der Waals surface area contributed by atoms with Gasteiger partial charge >= 0.3 is 0 Å². The summed E-state index contributed by atoms with van der Waals surface area (Å²) in [4.78, 5) is 20.2. The first-order valence-corrected chi connectivity index (χ1v) is 7.13. The Labute approximate surface area is 133 Å². The fraction of sp³-hybridized carbons (Fsp3) is 0.267. The minimum atomic E-state index is -0.280. The standard InChI is InChI=1S/C15H15Cl2N3O/c1-15(2,3)10-7-5-4-6-9(10)14(21)20-13-11(16)12(17)18-8-19-13/h4-8H,1-3H3,(H,18,19,20,21). The molecule has 0 spiro atoms. The third kappa shape index (κ3) is 3.52. The summed E-state index contributed by atoms with van der Waals surface area (Å²) in [5.41, 5.74) is 1.37. The fourth-order valence-corrected chi connectivity index (χ4v) is 2.22. The van der Waals surface area contributed by atoms with Crippen molar-refractivity contribution in [2.45, 2.75) is 26.2 Å². The number of anilines is 1. The summed E-state index contributed by atoms with van der Waals surface area (Å²) < 4.78 is 0. The van der Waals surface area contributed by atoms with Crippen LogP contribution in [0.15, 0.2) is 30.6 Å². The van der Waals surface area contributed by atoms with Gasteiger partial charge in [0.25, 0.3) is 5.91 Å². The van der Waals surface area contributed by atoms with Gasteiger partial charge in [0.05, 0.1) is 0 Å². The first-order valence-electron chi connectivity index (χ1n) is 6.37. The van der Waals surface area contributed by atoms with Gasteiger partial charge in [-0.3, -0.25) is 4.79 Å². The molecule has 1 N–H and O–H groups in total. The van der Waals surface area contributed by atoms with Gasteiger partial charge in [0.15, 0.2) is 11.0 Å². The average molecular weight is 324 g/mol. The van der Waals surface area contributed by atoms with Crippen molar-refractivity contribution < 1.29 is 4.79 Å². The zero-order valence-electron chi connectivity index (χ0n) is 11.9. The second kappa shape index (κ2) is 6.00. The van der Waals surface area contributed by atoms with E-state index < -0.39 is 0 Å². The molecule has 0 unspecified atom stereocenters. The molecule has 0 atom stereocenters. The van der Waals surface area contributed by atoms with Crippen molar-refractivity contribution in [2.24, 2.45) is 0 Å². The number of nitrogens with one attached hydrogen (secondary N) is 1. The molecule has 0 aliphatic heterocycles. The van der Waals surface area contributed by atoms with E-state index >= 15 is 0 Å². The Kier molecular flexibility index (Phi) is 4.49. The molecule has 0 aliphatic rings. The predicted octanol–water partition coefficient (Wildman–Crippen LogP) is 4.33. The van der Waals surface area contributed by atoms with Crippen molar-refractivity contribution in [2.75, 3.05) is 5.32 Å². The van der Waals surface area contributed by atoms with Crippen LogP contribution in [-0.2, 0) is 5.41 Å². The molecule has 6 heteroatoms. The molecule has 1 heterocycles. The van der Waals surface area contributed by atoms with Crippen LogP contribution in [0.25, 0.3) is 0 Å². The van der Waals surface area contributed by atoms with Gasteiger partial charge < -0.3 is 5.32 Å². The zero-order chi connectivity index (χ0) is 15.6. The van der Waals surface area contributed by atoms with E-state index in [1.54, 1.807) is 6.07 Å². The fourth-order valence-electron chi connectivity index (χ4n) is 1.95. The summed E-state index contributed by atoms with van der Waals surface area (Å²) in [5, 5.41) is 2.90. The van der Waals surface area contributed by atoms with Crippen molar-refractivity contribution >= 4 is 34.9 Å². The third-order valence-electron chi connectivity index (χ3n) is 2.96. The molecule has 2 rings (SSSR count). The van der Waals surface area contributed by atoms with Gasteiger partial charge in [0.2, 0.25) is 0 Å². The first-order chi connectivity index (χ1) is 9.80. The summed E-state index contributed by atoms with van der Waals surface area (Å²) in [5.74, 6) is -0.0810. The lowest BCUT2D eigenvalue weighted by molar-refractivity contribution is 0.102. The van der Waals surface area contributed by atoms with Crippen molar-refractivity contribution in [1.29, 1.82) is 0 Å². The average Bonchev–Trinajstić information content (AvgIpc) is 2.43. The van der Waals surface area contributed by atoms with E-state index in [9.17, 15) is 4.79 Å². The minimum absolute atomic E-state index is 0.103. The highest BCUT2D eigenvalue weighted by atomic mass is 35.5. The smallest absolute Gasteiger partial charge is 0.257 e. The molecule has 1 aromatic carbocycles. The van der Waals surface area contributed by atoms with Crippen LogP contribution in [0.3, 0.4) is 0 Å². The molecular weight excluding hydrogens is 309 g/mol. The molecule has 0 fully saturated rings. The molecule has 110 valence electrons. The third-order valence-corrected chi connectivity index (χ3v) is 3.70. The van der Waals surface area contributed by atoms with E-state index in [0.717, 1.165) is 5.56 Å². The molecule has 4 nitrogen and oxygen atoms in total. The van der Waals surface area contributed by atoms with E-state index in [-0.39, 0.29) is 27.3 Å². The molecular formula is C15H15Cl2N3O. The Morgan fingerprint density at radius 1 is 1.14 bits per heavy atom. The van der Waals surface area contributed by atoms with Crippen molar-refractivity contribution in [3.63, 3.8) is 0 Å². The van der Waals surface area contributed by atoms with Gasteiger partial charge in [-0.2, -0.15) is 0 Å². The number of hydrogen-bond donors (Lipinski definition) is 1. The van der Waals surface area contributed by atoms with E-state index in [1.165, 1.54) is 6.33 Å². The first kappa shape index (κ1) is 15.7. The SMILES string of the molecule is CC(C)(C)c1ccccc1C(=O)Nc1ncnc(Cl)c1Cl. The van der Waals surface area contributed by atoms with Crippen LogP contribution in [0.4, 0.5) is 5.82 Å². The maximum Gasteiger partial charge on any atom is 0.257 e. The summed E-state index contributed by atoms with van der Waals surface area (Å²) in [6.07, 6.45) is 1.25. The Hall–Kier alpha value is -1.65. The molecule has 21 heavy (non-hydrogen) atoms.